The molecule has 1 aliphatic carbocycles. The maximum Gasteiger partial charge on any atom is 0.135 e. The molecule has 1 aromatic rings. The van der Waals surface area contributed by atoms with Gasteiger partial charge in [0.1, 0.15) is 5.76 Å². The highest BCUT2D eigenvalue weighted by atomic mass is 79.9. The summed E-state index contributed by atoms with van der Waals surface area (Å²) in [6.07, 6.45) is 8.39. The number of hydrogen-bond acceptors (Lipinski definition) is 2. The monoisotopic (exact) mass is 285 g/mol. The maximum atomic E-state index is 5.63. The normalized spacial score (nSPS) is 21.9. The Morgan fingerprint density at radius 2 is 2.06 bits per heavy atom. The Labute approximate surface area is 106 Å². The fraction of sp³-hybridized carbons (Fsp3) is 0.692. The van der Waals surface area contributed by atoms with E-state index in [0.29, 0.717) is 11.5 Å². The number of hydrogen-bond donors (Lipinski definition) is 1. The van der Waals surface area contributed by atoms with Crippen LogP contribution >= 0.6 is 15.9 Å². The van der Waals surface area contributed by atoms with Crippen LogP contribution < -0.4 is 5.32 Å². The van der Waals surface area contributed by atoms with Crippen LogP contribution in [0.3, 0.4) is 0 Å². The van der Waals surface area contributed by atoms with Crippen LogP contribution in [0.15, 0.2) is 21.2 Å². The average molecular weight is 286 g/mol. The van der Waals surface area contributed by atoms with Crippen LogP contribution in [-0.2, 0) is 0 Å². The maximum absolute atomic E-state index is 5.63. The first-order chi connectivity index (χ1) is 7.67. The third-order valence-electron chi connectivity index (χ3n) is 3.89. The molecule has 0 bridgehead atoms. The first kappa shape index (κ1) is 12.2. The van der Waals surface area contributed by atoms with Gasteiger partial charge in [-0.05, 0) is 47.3 Å². The zero-order chi connectivity index (χ0) is 11.6. The molecule has 2 rings (SSSR count). The summed E-state index contributed by atoms with van der Waals surface area (Å²) in [4.78, 5) is 0. The summed E-state index contributed by atoms with van der Waals surface area (Å²) in [6, 6.07) is 2.29. The summed E-state index contributed by atoms with van der Waals surface area (Å²) < 4.78 is 6.71. The molecule has 1 N–H and O–H groups in total. The van der Waals surface area contributed by atoms with Gasteiger partial charge in [0.2, 0.25) is 0 Å². The molecule has 0 aromatic carbocycles. The molecule has 1 aromatic heterocycles. The number of rotatable bonds is 3. The van der Waals surface area contributed by atoms with Gasteiger partial charge in [-0.3, -0.25) is 0 Å². The summed E-state index contributed by atoms with van der Waals surface area (Å²) in [6.45, 7) is 2.38. The Kier molecular flexibility index (Phi) is 3.75. The lowest BCUT2D eigenvalue weighted by atomic mass is 9.70. The predicted molar refractivity (Wildman–Crippen MR) is 69.4 cm³/mol. The molecule has 1 heterocycles. The number of nitrogens with one attached hydrogen (secondary N) is 1. The van der Waals surface area contributed by atoms with E-state index in [4.69, 9.17) is 4.42 Å². The van der Waals surface area contributed by atoms with E-state index >= 15 is 0 Å². The molecule has 1 aliphatic rings. The van der Waals surface area contributed by atoms with E-state index in [1.54, 1.807) is 6.26 Å². The van der Waals surface area contributed by atoms with Crippen molar-refractivity contribution in [3.63, 3.8) is 0 Å². The van der Waals surface area contributed by atoms with Gasteiger partial charge in [-0.2, -0.15) is 0 Å². The highest BCUT2D eigenvalue weighted by molar-refractivity contribution is 9.10. The molecule has 16 heavy (non-hydrogen) atoms. The van der Waals surface area contributed by atoms with Crippen molar-refractivity contribution in [1.29, 1.82) is 0 Å². The molecule has 0 saturated heterocycles. The van der Waals surface area contributed by atoms with Crippen LogP contribution in [0.5, 0.6) is 0 Å². The van der Waals surface area contributed by atoms with Gasteiger partial charge in [-0.15, -0.1) is 0 Å². The van der Waals surface area contributed by atoms with Gasteiger partial charge in [0.25, 0.3) is 0 Å². The number of furan rings is 1. The first-order valence-corrected chi connectivity index (χ1v) is 6.87. The van der Waals surface area contributed by atoms with Crippen molar-refractivity contribution < 1.29 is 4.42 Å². The second-order valence-electron chi connectivity index (χ2n) is 5.07. The smallest absolute Gasteiger partial charge is 0.135 e. The summed E-state index contributed by atoms with van der Waals surface area (Å²) in [5, 5.41) is 3.43. The quantitative estimate of drug-likeness (QED) is 0.897. The summed E-state index contributed by atoms with van der Waals surface area (Å²) in [7, 11) is 2.03. The minimum Gasteiger partial charge on any atom is -0.466 e. The predicted octanol–water partition coefficient (Wildman–Crippen LogP) is 4.27. The Bertz CT molecular complexity index is 341. The van der Waals surface area contributed by atoms with Crippen LogP contribution in [0.1, 0.15) is 50.8 Å². The lowest BCUT2D eigenvalue weighted by Crippen LogP contribution is -2.36. The van der Waals surface area contributed by atoms with Gasteiger partial charge >= 0.3 is 0 Å². The molecule has 90 valence electrons. The SMILES string of the molecule is CNC(c1occc1Br)C1(C)CCCCC1. The van der Waals surface area contributed by atoms with Gasteiger partial charge in [-0.25, -0.2) is 0 Å². The second-order valence-corrected chi connectivity index (χ2v) is 5.92. The van der Waals surface area contributed by atoms with Gasteiger partial charge < -0.3 is 9.73 Å². The molecule has 0 radical (unpaired) electrons. The van der Waals surface area contributed by atoms with E-state index in [1.165, 1.54) is 32.1 Å². The van der Waals surface area contributed by atoms with Gasteiger partial charge in [0.15, 0.2) is 0 Å². The molecule has 0 spiro atoms. The first-order valence-electron chi connectivity index (χ1n) is 6.07. The zero-order valence-electron chi connectivity index (χ0n) is 10.1. The summed E-state index contributed by atoms with van der Waals surface area (Å²) in [5.74, 6) is 1.05. The summed E-state index contributed by atoms with van der Waals surface area (Å²) >= 11 is 3.56. The lowest BCUT2D eigenvalue weighted by molar-refractivity contribution is 0.134. The molecule has 0 amide bonds. The van der Waals surface area contributed by atoms with Crippen LogP contribution in [-0.4, -0.2) is 7.05 Å². The van der Waals surface area contributed by atoms with Crippen LogP contribution in [0.4, 0.5) is 0 Å². The van der Waals surface area contributed by atoms with Crippen LogP contribution in [0.2, 0.25) is 0 Å². The fourth-order valence-corrected chi connectivity index (χ4v) is 3.39. The standard InChI is InChI=1S/C13H20BrNO/c1-13(7-4-3-5-8-13)12(15-2)11-10(14)6-9-16-11/h6,9,12,15H,3-5,7-8H2,1-2H3. The van der Waals surface area contributed by atoms with Crippen molar-refractivity contribution in [3.8, 4) is 0 Å². The highest BCUT2D eigenvalue weighted by Crippen LogP contribution is 2.47. The molecule has 1 saturated carbocycles. The average Bonchev–Trinajstić information content (AvgIpc) is 2.67. The fourth-order valence-electron chi connectivity index (χ4n) is 2.96. The van der Waals surface area contributed by atoms with Gasteiger partial charge in [-0.1, -0.05) is 26.2 Å². The van der Waals surface area contributed by atoms with Gasteiger partial charge in [0.05, 0.1) is 16.8 Å². The molecular formula is C13H20BrNO. The molecule has 1 unspecified atom stereocenters. The number of halogens is 1. The molecular weight excluding hydrogens is 266 g/mol. The van der Waals surface area contributed by atoms with Crippen LogP contribution in [0.25, 0.3) is 0 Å². The Hall–Kier alpha value is -0.280. The molecule has 1 fully saturated rings. The van der Waals surface area contributed by atoms with E-state index in [-0.39, 0.29) is 0 Å². The Morgan fingerprint density at radius 3 is 2.56 bits per heavy atom. The molecule has 0 aliphatic heterocycles. The third kappa shape index (κ3) is 2.21. The van der Waals surface area contributed by atoms with E-state index in [1.807, 2.05) is 13.1 Å². The third-order valence-corrected chi connectivity index (χ3v) is 4.54. The van der Waals surface area contributed by atoms with Crippen molar-refractivity contribution in [3.05, 3.63) is 22.6 Å². The van der Waals surface area contributed by atoms with E-state index < -0.39 is 0 Å². The minimum atomic E-state index is 0.317. The Morgan fingerprint density at radius 1 is 1.38 bits per heavy atom. The molecule has 2 nitrogen and oxygen atoms in total. The van der Waals surface area contributed by atoms with E-state index in [9.17, 15) is 0 Å². The van der Waals surface area contributed by atoms with E-state index in [2.05, 4.69) is 28.2 Å². The minimum absolute atomic E-state index is 0.317. The highest BCUT2D eigenvalue weighted by Gasteiger charge is 2.38. The zero-order valence-corrected chi connectivity index (χ0v) is 11.6. The van der Waals surface area contributed by atoms with Gasteiger partial charge in [0, 0.05) is 0 Å². The van der Waals surface area contributed by atoms with Crippen LogP contribution in [0, 0.1) is 5.41 Å². The molecule has 1 atom stereocenters. The van der Waals surface area contributed by atoms with Crippen molar-refractivity contribution in [2.45, 2.75) is 45.1 Å². The van der Waals surface area contributed by atoms with Crippen molar-refractivity contribution >= 4 is 15.9 Å². The lowest BCUT2D eigenvalue weighted by Gasteiger charge is -2.39. The van der Waals surface area contributed by atoms with Crippen molar-refractivity contribution in [1.82, 2.24) is 5.32 Å². The largest absolute Gasteiger partial charge is 0.466 e. The van der Waals surface area contributed by atoms with Crippen molar-refractivity contribution in [2.24, 2.45) is 5.41 Å². The summed E-state index contributed by atoms with van der Waals surface area (Å²) in [5.41, 5.74) is 0.327. The second kappa shape index (κ2) is 4.92. The Balaban J connectivity index is 2.24. The van der Waals surface area contributed by atoms with E-state index in [0.717, 1.165) is 10.2 Å². The topological polar surface area (TPSA) is 25.2 Å². The van der Waals surface area contributed by atoms with Crippen molar-refractivity contribution in [2.75, 3.05) is 7.05 Å². The molecule has 3 heteroatoms.